The first-order valence-corrected chi connectivity index (χ1v) is 18.1. The highest BCUT2D eigenvalue weighted by Gasteiger charge is 2.37. The van der Waals surface area contributed by atoms with E-state index in [1.54, 1.807) is 4.57 Å². The van der Waals surface area contributed by atoms with Crippen molar-refractivity contribution >= 4 is 29.4 Å². The summed E-state index contributed by atoms with van der Waals surface area (Å²) in [7, 11) is 0. The molecular formula is C40H37F6N3O7. The van der Waals surface area contributed by atoms with Crippen molar-refractivity contribution in [2.45, 2.75) is 90.8 Å². The highest BCUT2D eigenvalue weighted by Crippen LogP contribution is 2.44. The van der Waals surface area contributed by atoms with Crippen molar-refractivity contribution in [1.82, 2.24) is 14.9 Å². The SMILES string of the molecule is CCCC(C)CC/C=C/OC(=O)NC1CCc2cc(F)cc3nc4c(c1c23)Cn1c-4cc2c(c1=O)COC(=O)C2CC.O=COc1c(F)c(F)c(F)c(F)c1F. The summed E-state index contributed by atoms with van der Waals surface area (Å²) in [6, 6.07) is 4.39. The van der Waals surface area contributed by atoms with Gasteiger partial charge in [-0.2, -0.15) is 8.78 Å². The maximum atomic E-state index is 14.7. The van der Waals surface area contributed by atoms with Crippen LogP contribution in [0.2, 0.25) is 0 Å². The molecule has 16 heteroatoms. The van der Waals surface area contributed by atoms with Crippen LogP contribution in [0.5, 0.6) is 5.75 Å². The van der Waals surface area contributed by atoms with Gasteiger partial charge in [0.25, 0.3) is 12.0 Å². The van der Waals surface area contributed by atoms with Crippen molar-refractivity contribution in [3.8, 4) is 17.1 Å². The fraction of sp³-hybridized carbons (Fsp3) is 0.375. The molecule has 0 fully saturated rings. The monoisotopic (exact) mass is 785 g/mol. The minimum absolute atomic E-state index is 0.0567. The largest absolute Gasteiger partial charge is 0.460 e. The number of aryl methyl sites for hydroxylation is 1. The molecule has 0 saturated carbocycles. The Labute approximate surface area is 316 Å². The van der Waals surface area contributed by atoms with Gasteiger partial charge in [-0.05, 0) is 72.9 Å². The topological polar surface area (TPSA) is 126 Å². The molecule has 1 N–H and O–H groups in total. The number of ether oxygens (including phenoxy) is 3. The molecule has 4 aromatic rings. The van der Waals surface area contributed by atoms with Gasteiger partial charge < -0.3 is 24.1 Å². The summed E-state index contributed by atoms with van der Waals surface area (Å²) in [6.07, 6.45) is 8.58. The van der Waals surface area contributed by atoms with E-state index in [1.807, 2.05) is 19.1 Å². The van der Waals surface area contributed by atoms with E-state index in [9.17, 15) is 45.5 Å². The first kappa shape index (κ1) is 40.0. The Kier molecular flexibility index (Phi) is 11.9. The number of nitrogens with zero attached hydrogens (tertiary/aromatic N) is 2. The number of amides is 1. The Morgan fingerprint density at radius 3 is 2.41 bits per heavy atom. The first-order chi connectivity index (χ1) is 26.8. The number of cyclic esters (lactones) is 1. The summed E-state index contributed by atoms with van der Waals surface area (Å²) in [6.45, 7) is 6.05. The number of hydrogen-bond donors (Lipinski definition) is 1. The van der Waals surface area contributed by atoms with Crippen LogP contribution >= 0.6 is 0 Å². The third kappa shape index (κ3) is 7.48. The Hall–Kier alpha value is -5.67. The van der Waals surface area contributed by atoms with Crippen LogP contribution in [0.1, 0.15) is 99.1 Å². The van der Waals surface area contributed by atoms with Gasteiger partial charge in [-0.15, -0.1) is 0 Å². The summed E-state index contributed by atoms with van der Waals surface area (Å²) in [5.74, 6) is -13.2. The minimum Gasteiger partial charge on any atom is -0.460 e. The molecular weight excluding hydrogens is 748 g/mol. The number of esters is 1. The van der Waals surface area contributed by atoms with Crippen LogP contribution in [0, 0.1) is 40.8 Å². The highest BCUT2D eigenvalue weighted by atomic mass is 19.2. The number of fused-ring (bicyclic) bond motifs is 5. The Morgan fingerprint density at radius 2 is 1.73 bits per heavy atom. The lowest BCUT2D eigenvalue weighted by Gasteiger charge is -2.28. The summed E-state index contributed by atoms with van der Waals surface area (Å²) >= 11 is 0. The van der Waals surface area contributed by atoms with Gasteiger partial charge in [-0.3, -0.25) is 14.4 Å². The molecule has 3 atom stereocenters. The number of aromatic nitrogens is 2. The van der Waals surface area contributed by atoms with E-state index in [1.165, 1.54) is 24.8 Å². The zero-order valence-corrected chi connectivity index (χ0v) is 30.6. The Morgan fingerprint density at radius 1 is 1.02 bits per heavy atom. The second-order valence-corrected chi connectivity index (χ2v) is 13.8. The fourth-order valence-corrected chi connectivity index (χ4v) is 7.60. The minimum atomic E-state index is -2.31. The molecule has 7 rings (SSSR count). The van der Waals surface area contributed by atoms with Gasteiger partial charge >= 0.3 is 12.1 Å². The van der Waals surface area contributed by atoms with Gasteiger partial charge in [0.2, 0.25) is 34.8 Å². The van der Waals surface area contributed by atoms with Crippen LogP contribution in [-0.2, 0) is 38.6 Å². The maximum Gasteiger partial charge on any atom is 0.412 e. The Bertz CT molecular complexity index is 2300. The smallest absolute Gasteiger partial charge is 0.412 e. The average Bonchev–Trinajstić information content (AvgIpc) is 3.54. The van der Waals surface area contributed by atoms with Crippen LogP contribution in [0.25, 0.3) is 22.3 Å². The zero-order valence-electron chi connectivity index (χ0n) is 30.6. The fourth-order valence-electron chi connectivity index (χ4n) is 7.60. The average molecular weight is 786 g/mol. The van der Waals surface area contributed by atoms with Gasteiger partial charge in [-0.1, -0.05) is 33.6 Å². The molecule has 0 bridgehead atoms. The quantitative estimate of drug-likeness (QED) is 0.0374. The number of pyridine rings is 2. The zero-order chi connectivity index (χ0) is 40.4. The van der Waals surface area contributed by atoms with Crippen molar-refractivity contribution in [2.24, 2.45) is 5.92 Å². The van der Waals surface area contributed by atoms with Gasteiger partial charge in [0.05, 0.1) is 47.2 Å². The summed E-state index contributed by atoms with van der Waals surface area (Å²) in [5.41, 5.74) is 5.07. The molecule has 2 aromatic heterocycles. The van der Waals surface area contributed by atoms with E-state index in [4.69, 9.17) is 14.5 Å². The predicted molar refractivity (Wildman–Crippen MR) is 189 cm³/mol. The number of carbonyl (C=O) groups is 3. The van der Waals surface area contributed by atoms with Gasteiger partial charge in [-0.25, -0.2) is 27.3 Å². The molecule has 296 valence electrons. The van der Waals surface area contributed by atoms with Gasteiger partial charge in [0, 0.05) is 17.0 Å². The van der Waals surface area contributed by atoms with E-state index in [2.05, 4.69) is 23.9 Å². The standard InChI is InChI=1S/C33H36FN3O5.C7HF5O2/c1-4-8-18(3)9-6-7-12-41-33(40)36-25-11-10-19-13-20(34)14-26-28(19)29(25)23-16-37-27(30(23)35-26)15-22-21(5-2)32(39)42-17-24(22)31(37)38;8-2-3(9)5(11)7(14-1-13)6(12)4(2)10/h7,12-15,18,21,25H,4-6,8-11,16-17H2,1-3H3,(H,36,40);1H/b12-7+;. The van der Waals surface area contributed by atoms with E-state index in [0.29, 0.717) is 53.2 Å². The summed E-state index contributed by atoms with van der Waals surface area (Å²) in [5, 5.41) is 3.82. The number of hydrogen-bond acceptors (Lipinski definition) is 8. The van der Waals surface area contributed by atoms with Crippen molar-refractivity contribution < 1.29 is 54.9 Å². The molecule has 0 saturated heterocycles. The van der Waals surface area contributed by atoms with Crippen molar-refractivity contribution in [2.75, 3.05) is 0 Å². The normalized spacial score (nSPS) is 17.0. The van der Waals surface area contributed by atoms with Crippen molar-refractivity contribution in [3.05, 3.63) is 104 Å². The van der Waals surface area contributed by atoms with Crippen LogP contribution in [0.3, 0.4) is 0 Å². The molecule has 4 heterocycles. The highest BCUT2D eigenvalue weighted by molar-refractivity contribution is 5.92. The first-order valence-electron chi connectivity index (χ1n) is 18.1. The maximum absolute atomic E-state index is 14.7. The molecule has 1 aliphatic carbocycles. The second kappa shape index (κ2) is 16.6. The van der Waals surface area contributed by atoms with Crippen LogP contribution in [0.15, 0.2) is 35.3 Å². The number of allylic oxidation sites excluding steroid dienone is 1. The molecule has 3 aliphatic rings. The Balaban J connectivity index is 0.000000322. The van der Waals surface area contributed by atoms with Crippen LogP contribution in [0.4, 0.5) is 31.1 Å². The number of benzene rings is 2. The van der Waals surface area contributed by atoms with E-state index >= 15 is 0 Å². The predicted octanol–water partition coefficient (Wildman–Crippen LogP) is 8.48. The molecule has 10 nitrogen and oxygen atoms in total. The number of carbonyl (C=O) groups excluding carboxylic acids is 3. The summed E-state index contributed by atoms with van der Waals surface area (Å²) in [4.78, 5) is 53.6. The lowest BCUT2D eigenvalue weighted by molar-refractivity contribution is -0.148. The second-order valence-electron chi connectivity index (χ2n) is 13.8. The van der Waals surface area contributed by atoms with E-state index < -0.39 is 59.4 Å². The number of halogens is 6. The number of rotatable bonds is 10. The third-order valence-electron chi connectivity index (χ3n) is 10.3. The molecule has 2 aromatic carbocycles. The van der Waals surface area contributed by atoms with Gasteiger partial charge in [0.15, 0.2) is 0 Å². The molecule has 0 spiro atoms. The molecule has 56 heavy (non-hydrogen) atoms. The van der Waals surface area contributed by atoms with Gasteiger partial charge in [0.1, 0.15) is 12.4 Å². The molecule has 3 unspecified atom stereocenters. The molecule has 0 radical (unpaired) electrons. The van der Waals surface area contributed by atoms with E-state index in [0.717, 1.165) is 41.3 Å². The number of alkyl carbamates (subject to hydrolysis) is 1. The third-order valence-corrected chi connectivity index (χ3v) is 10.3. The number of nitrogens with one attached hydrogen (secondary N) is 1. The lowest BCUT2D eigenvalue weighted by Crippen LogP contribution is -2.33. The van der Waals surface area contributed by atoms with Crippen LogP contribution < -0.4 is 15.6 Å². The van der Waals surface area contributed by atoms with Crippen LogP contribution in [-0.4, -0.2) is 28.1 Å². The van der Waals surface area contributed by atoms with E-state index in [-0.39, 0.29) is 30.5 Å². The van der Waals surface area contributed by atoms with Crippen molar-refractivity contribution in [1.29, 1.82) is 0 Å². The molecule has 2 aliphatic heterocycles. The van der Waals surface area contributed by atoms with Crippen molar-refractivity contribution in [3.63, 3.8) is 0 Å². The lowest BCUT2D eigenvalue weighted by atomic mass is 9.83. The summed E-state index contributed by atoms with van der Waals surface area (Å²) < 4.78 is 92.9. The molecule has 1 amide bonds.